The normalized spacial score (nSPS) is 20.0. The summed E-state index contributed by atoms with van der Waals surface area (Å²) in [6, 6.07) is 6.58. The molecular formula is C16H20N2O. The Kier molecular flexibility index (Phi) is 2.39. The molecule has 3 aliphatic rings. The maximum atomic E-state index is 9.56. The number of aromatic nitrogens is 1. The van der Waals surface area contributed by atoms with Crippen LogP contribution in [0.15, 0.2) is 18.2 Å². The quantitative estimate of drug-likeness (QED) is 0.867. The standard InChI is InChI=1S/C16H20N2O/c1-10(19)8-11-2-3-14-13(9-11)15-12-4-6-18(7-5-12)16(15)17-14/h2-3,9-10,12,17,19H,4-8H2,1H3. The molecule has 100 valence electrons. The van der Waals surface area contributed by atoms with E-state index in [-0.39, 0.29) is 6.10 Å². The van der Waals surface area contributed by atoms with E-state index in [1.165, 1.54) is 53.8 Å². The van der Waals surface area contributed by atoms with Gasteiger partial charge in [-0.05, 0) is 49.8 Å². The third kappa shape index (κ3) is 1.68. The lowest BCUT2D eigenvalue weighted by atomic mass is 9.84. The lowest BCUT2D eigenvalue weighted by Gasteiger charge is -2.40. The molecule has 3 nitrogen and oxygen atoms in total. The highest BCUT2D eigenvalue weighted by Crippen LogP contribution is 2.45. The van der Waals surface area contributed by atoms with Crippen LogP contribution in [0.25, 0.3) is 10.9 Å². The molecule has 1 fully saturated rings. The van der Waals surface area contributed by atoms with Crippen molar-refractivity contribution >= 4 is 16.7 Å². The Hall–Kier alpha value is -1.48. The Labute approximate surface area is 113 Å². The summed E-state index contributed by atoms with van der Waals surface area (Å²) >= 11 is 0. The number of rotatable bonds is 2. The van der Waals surface area contributed by atoms with E-state index < -0.39 is 0 Å². The summed E-state index contributed by atoms with van der Waals surface area (Å²) in [7, 11) is 0. The minimum Gasteiger partial charge on any atom is -0.393 e. The van der Waals surface area contributed by atoms with Gasteiger partial charge >= 0.3 is 0 Å². The van der Waals surface area contributed by atoms with Gasteiger partial charge in [-0.25, -0.2) is 0 Å². The molecule has 2 aromatic rings. The third-order valence-corrected chi connectivity index (χ3v) is 4.63. The highest BCUT2D eigenvalue weighted by Gasteiger charge is 2.33. The Morgan fingerprint density at radius 1 is 1.37 bits per heavy atom. The highest BCUT2D eigenvalue weighted by atomic mass is 16.3. The molecule has 19 heavy (non-hydrogen) atoms. The average molecular weight is 256 g/mol. The van der Waals surface area contributed by atoms with Gasteiger partial charge in [0.05, 0.1) is 6.10 Å². The van der Waals surface area contributed by atoms with Crippen LogP contribution < -0.4 is 4.90 Å². The molecule has 3 heteroatoms. The fourth-order valence-corrected chi connectivity index (χ4v) is 3.77. The SMILES string of the molecule is CC(O)Cc1ccc2[nH]c3c(c2c1)C1CCN3CC1. The number of aliphatic hydroxyl groups excluding tert-OH is 1. The van der Waals surface area contributed by atoms with E-state index >= 15 is 0 Å². The van der Waals surface area contributed by atoms with Crippen LogP contribution in [0.5, 0.6) is 0 Å². The lowest BCUT2D eigenvalue weighted by Crippen LogP contribution is -2.38. The van der Waals surface area contributed by atoms with Gasteiger partial charge in [0.1, 0.15) is 5.82 Å². The van der Waals surface area contributed by atoms with E-state index in [4.69, 9.17) is 0 Å². The molecule has 3 aliphatic heterocycles. The molecule has 4 heterocycles. The van der Waals surface area contributed by atoms with Crippen LogP contribution >= 0.6 is 0 Å². The molecular weight excluding hydrogens is 236 g/mol. The summed E-state index contributed by atoms with van der Waals surface area (Å²) in [5.74, 6) is 2.09. The first kappa shape index (κ1) is 11.4. The molecule has 0 aliphatic carbocycles. The molecule has 0 amide bonds. The van der Waals surface area contributed by atoms with E-state index in [2.05, 4.69) is 28.1 Å². The second-order valence-electron chi connectivity index (χ2n) is 6.08. The van der Waals surface area contributed by atoms with Crippen LogP contribution in [-0.4, -0.2) is 29.3 Å². The molecule has 0 saturated carbocycles. The minimum absolute atomic E-state index is 0.271. The summed E-state index contributed by atoms with van der Waals surface area (Å²) in [4.78, 5) is 6.08. The van der Waals surface area contributed by atoms with Crippen molar-refractivity contribution in [1.29, 1.82) is 0 Å². The predicted molar refractivity (Wildman–Crippen MR) is 77.9 cm³/mol. The first-order valence-corrected chi connectivity index (χ1v) is 7.30. The third-order valence-electron chi connectivity index (χ3n) is 4.63. The minimum atomic E-state index is -0.271. The van der Waals surface area contributed by atoms with Crippen molar-refractivity contribution < 1.29 is 5.11 Å². The fraction of sp³-hybridized carbons (Fsp3) is 0.500. The zero-order valence-corrected chi connectivity index (χ0v) is 11.3. The van der Waals surface area contributed by atoms with Crippen molar-refractivity contribution in [3.05, 3.63) is 29.3 Å². The lowest BCUT2D eigenvalue weighted by molar-refractivity contribution is 0.195. The second-order valence-corrected chi connectivity index (χ2v) is 6.08. The number of nitrogens with zero attached hydrogens (tertiary/aromatic N) is 1. The van der Waals surface area contributed by atoms with Gasteiger partial charge in [-0.2, -0.15) is 0 Å². The summed E-state index contributed by atoms with van der Waals surface area (Å²) in [6.45, 7) is 4.25. The average Bonchev–Trinajstić information content (AvgIpc) is 2.80. The number of fused-ring (bicyclic) bond motifs is 3. The van der Waals surface area contributed by atoms with Crippen molar-refractivity contribution in [2.75, 3.05) is 18.0 Å². The largest absolute Gasteiger partial charge is 0.393 e. The Morgan fingerprint density at radius 3 is 2.89 bits per heavy atom. The van der Waals surface area contributed by atoms with Gasteiger partial charge in [0.2, 0.25) is 0 Å². The summed E-state index contributed by atoms with van der Waals surface area (Å²) in [5, 5.41) is 10.9. The number of nitrogens with one attached hydrogen (secondary N) is 1. The Morgan fingerprint density at radius 2 is 2.16 bits per heavy atom. The number of H-pyrrole nitrogens is 1. The van der Waals surface area contributed by atoms with Gasteiger partial charge in [-0.15, -0.1) is 0 Å². The van der Waals surface area contributed by atoms with Gasteiger partial charge < -0.3 is 15.0 Å². The zero-order chi connectivity index (χ0) is 13.0. The van der Waals surface area contributed by atoms with E-state index in [1.54, 1.807) is 0 Å². The zero-order valence-electron chi connectivity index (χ0n) is 11.3. The first-order chi connectivity index (χ1) is 9.22. The number of benzene rings is 1. The second kappa shape index (κ2) is 4.01. The topological polar surface area (TPSA) is 39.3 Å². The predicted octanol–water partition coefficient (Wildman–Crippen LogP) is 2.79. The number of hydrogen-bond acceptors (Lipinski definition) is 2. The number of piperidine rings is 1. The van der Waals surface area contributed by atoms with Gasteiger partial charge in [-0.1, -0.05) is 6.07 Å². The van der Waals surface area contributed by atoms with Crippen LogP contribution in [0, 0.1) is 0 Å². The Bertz CT molecular complexity index is 621. The van der Waals surface area contributed by atoms with Gasteiger partial charge in [0.25, 0.3) is 0 Å². The van der Waals surface area contributed by atoms with Gasteiger partial charge in [0.15, 0.2) is 0 Å². The molecule has 2 N–H and O–H groups in total. The van der Waals surface area contributed by atoms with Crippen molar-refractivity contribution in [3.63, 3.8) is 0 Å². The van der Waals surface area contributed by atoms with E-state index in [0.717, 1.165) is 12.3 Å². The van der Waals surface area contributed by atoms with Crippen LogP contribution in [0.4, 0.5) is 5.82 Å². The Balaban J connectivity index is 1.87. The van der Waals surface area contributed by atoms with E-state index in [1.807, 2.05) is 6.92 Å². The summed E-state index contributed by atoms with van der Waals surface area (Å²) in [5.41, 5.74) is 4.01. The number of aliphatic hydroxyl groups is 1. The maximum Gasteiger partial charge on any atom is 0.110 e. The van der Waals surface area contributed by atoms with Crippen molar-refractivity contribution in [1.82, 2.24) is 4.98 Å². The van der Waals surface area contributed by atoms with E-state index in [0.29, 0.717) is 0 Å². The van der Waals surface area contributed by atoms with Crippen LogP contribution in [0.1, 0.15) is 36.8 Å². The van der Waals surface area contributed by atoms with Crippen molar-refractivity contribution in [3.8, 4) is 0 Å². The van der Waals surface area contributed by atoms with Gasteiger partial charge in [0, 0.05) is 29.6 Å². The maximum absolute atomic E-state index is 9.56. The monoisotopic (exact) mass is 256 g/mol. The molecule has 1 unspecified atom stereocenters. The fourth-order valence-electron chi connectivity index (χ4n) is 3.77. The molecule has 1 aromatic heterocycles. The molecule has 5 rings (SSSR count). The molecule has 2 bridgehead atoms. The molecule has 0 radical (unpaired) electrons. The summed E-state index contributed by atoms with van der Waals surface area (Å²) in [6.07, 6.45) is 3.05. The molecule has 1 saturated heterocycles. The molecule has 1 atom stereocenters. The van der Waals surface area contributed by atoms with Crippen molar-refractivity contribution in [2.24, 2.45) is 0 Å². The number of anilines is 1. The molecule has 0 spiro atoms. The van der Waals surface area contributed by atoms with Crippen LogP contribution in [0.3, 0.4) is 0 Å². The smallest absolute Gasteiger partial charge is 0.110 e. The number of hydrogen-bond donors (Lipinski definition) is 2. The van der Waals surface area contributed by atoms with Crippen molar-refractivity contribution in [2.45, 2.75) is 38.2 Å². The van der Waals surface area contributed by atoms with E-state index in [9.17, 15) is 5.11 Å². The van der Waals surface area contributed by atoms with Crippen LogP contribution in [0.2, 0.25) is 0 Å². The first-order valence-electron chi connectivity index (χ1n) is 7.30. The highest BCUT2D eigenvalue weighted by molar-refractivity contribution is 5.91. The molecule has 1 aromatic carbocycles. The number of aromatic amines is 1. The van der Waals surface area contributed by atoms with Gasteiger partial charge in [-0.3, -0.25) is 0 Å². The van der Waals surface area contributed by atoms with Crippen LogP contribution in [-0.2, 0) is 6.42 Å². The summed E-state index contributed by atoms with van der Waals surface area (Å²) < 4.78 is 0.